The van der Waals surface area contributed by atoms with Crippen molar-refractivity contribution in [1.82, 2.24) is 4.90 Å². The summed E-state index contributed by atoms with van der Waals surface area (Å²) in [6.45, 7) is 5.41. The first kappa shape index (κ1) is 18.2. The minimum absolute atomic E-state index is 0.509. The Bertz CT molecular complexity index is 685. The minimum atomic E-state index is 0.509. The van der Waals surface area contributed by atoms with Crippen molar-refractivity contribution in [1.29, 1.82) is 0 Å². The maximum Gasteiger partial charge on any atom is 0.161 e. The number of hydrogen-bond acceptors (Lipinski definition) is 5. The van der Waals surface area contributed by atoms with E-state index in [1.54, 1.807) is 19.1 Å². The van der Waals surface area contributed by atoms with Crippen LogP contribution in [0.15, 0.2) is 29.6 Å². The van der Waals surface area contributed by atoms with E-state index in [1.807, 2.05) is 17.4 Å². The average Bonchev–Trinajstić information content (AvgIpc) is 3.11. The van der Waals surface area contributed by atoms with Gasteiger partial charge in [0.25, 0.3) is 0 Å². The van der Waals surface area contributed by atoms with Crippen LogP contribution >= 0.6 is 11.3 Å². The molecule has 0 fully saturated rings. The molecule has 0 spiro atoms. The maximum absolute atomic E-state index is 5.83. The van der Waals surface area contributed by atoms with Gasteiger partial charge in [0.15, 0.2) is 11.5 Å². The fourth-order valence-electron chi connectivity index (χ4n) is 3.52. The lowest BCUT2D eigenvalue weighted by molar-refractivity contribution is 0.143. The highest BCUT2D eigenvalue weighted by Gasteiger charge is 2.27. The monoisotopic (exact) mass is 361 g/mol. The van der Waals surface area contributed by atoms with Gasteiger partial charge < -0.3 is 14.2 Å². The van der Waals surface area contributed by atoms with Crippen molar-refractivity contribution in [3.8, 4) is 11.5 Å². The zero-order valence-corrected chi connectivity index (χ0v) is 16.1. The molecule has 1 atom stereocenters. The van der Waals surface area contributed by atoms with E-state index < -0.39 is 0 Å². The van der Waals surface area contributed by atoms with Crippen LogP contribution in [0.2, 0.25) is 0 Å². The quantitative estimate of drug-likeness (QED) is 0.656. The molecule has 25 heavy (non-hydrogen) atoms. The van der Waals surface area contributed by atoms with Gasteiger partial charge in [-0.1, -0.05) is 13.0 Å². The number of thiophene rings is 1. The SMILES string of the molecule is CC[C@H]1c2ccsc2CCN1Cc1ccc(OC)c(OCCOC)c1. The third-order valence-electron chi connectivity index (χ3n) is 4.75. The Morgan fingerprint density at radius 2 is 2.04 bits per heavy atom. The standard InChI is InChI=1S/C20H27NO3S/c1-4-17-16-8-12-25-20(16)7-9-21(17)14-15-5-6-18(23-3)19(13-15)24-11-10-22-2/h5-6,8,12-13,17H,4,7,9-11,14H2,1-3H3/t17-/m0/s1. The Morgan fingerprint density at radius 1 is 1.16 bits per heavy atom. The van der Waals surface area contributed by atoms with Crippen LogP contribution in [0.1, 0.15) is 35.4 Å². The fraction of sp³-hybridized carbons (Fsp3) is 0.500. The summed E-state index contributed by atoms with van der Waals surface area (Å²) in [7, 11) is 3.35. The topological polar surface area (TPSA) is 30.9 Å². The van der Waals surface area contributed by atoms with Gasteiger partial charge in [-0.25, -0.2) is 0 Å². The second kappa shape index (κ2) is 8.70. The summed E-state index contributed by atoms with van der Waals surface area (Å²) in [5.74, 6) is 1.56. The molecule has 1 aliphatic heterocycles. The van der Waals surface area contributed by atoms with Crippen LogP contribution in [0.5, 0.6) is 11.5 Å². The van der Waals surface area contributed by atoms with Crippen LogP contribution in [0.25, 0.3) is 0 Å². The molecule has 2 aromatic rings. The van der Waals surface area contributed by atoms with E-state index in [4.69, 9.17) is 14.2 Å². The van der Waals surface area contributed by atoms with Gasteiger partial charge in [-0.3, -0.25) is 4.90 Å². The first-order valence-corrected chi connectivity index (χ1v) is 9.73. The van der Waals surface area contributed by atoms with Gasteiger partial charge in [-0.15, -0.1) is 11.3 Å². The molecular weight excluding hydrogens is 334 g/mol. The van der Waals surface area contributed by atoms with Gasteiger partial charge in [0, 0.05) is 31.1 Å². The number of ether oxygens (including phenoxy) is 3. The number of rotatable bonds is 8. The van der Waals surface area contributed by atoms with Crippen LogP contribution in [-0.2, 0) is 17.7 Å². The van der Waals surface area contributed by atoms with Crippen molar-refractivity contribution in [3.05, 3.63) is 45.6 Å². The van der Waals surface area contributed by atoms with E-state index in [9.17, 15) is 0 Å². The molecule has 0 unspecified atom stereocenters. The number of fused-ring (bicyclic) bond motifs is 1. The summed E-state index contributed by atoms with van der Waals surface area (Å²) in [5.41, 5.74) is 2.77. The number of nitrogens with zero attached hydrogens (tertiary/aromatic N) is 1. The largest absolute Gasteiger partial charge is 0.493 e. The van der Waals surface area contributed by atoms with E-state index >= 15 is 0 Å². The zero-order chi connectivity index (χ0) is 17.6. The van der Waals surface area contributed by atoms with Crippen molar-refractivity contribution >= 4 is 11.3 Å². The normalized spacial score (nSPS) is 17.3. The average molecular weight is 362 g/mol. The lowest BCUT2D eigenvalue weighted by Crippen LogP contribution is -2.33. The highest BCUT2D eigenvalue weighted by Crippen LogP contribution is 2.37. The molecule has 0 bridgehead atoms. The summed E-state index contributed by atoms with van der Waals surface area (Å²) in [5, 5.41) is 2.23. The smallest absolute Gasteiger partial charge is 0.161 e. The molecule has 0 amide bonds. The van der Waals surface area contributed by atoms with E-state index in [-0.39, 0.29) is 0 Å². The lowest BCUT2D eigenvalue weighted by Gasteiger charge is -2.35. The van der Waals surface area contributed by atoms with E-state index in [1.165, 1.54) is 11.1 Å². The molecule has 5 heteroatoms. The third kappa shape index (κ3) is 4.17. The summed E-state index contributed by atoms with van der Waals surface area (Å²) >= 11 is 1.90. The zero-order valence-electron chi connectivity index (χ0n) is 15.3. The number of benzene rings is 1. The Labute approximate surface area is 154 Å². The molecule has 1 aromatic carbocycles. The van der Waals surface area contributed by atoms with Gasteiger partial charge in [0.2, 0.25) is 0 Å². The lowest BCUT2D eigenvalue weighted by atomic mass is 9.97. The second-order valence-corrected chi connectivity index (χ2v) is 7.27. The van der Waals surface area contributed by atoms with Gasteiger partial charge >= 0.3 is 0 Å². The summed E-state index contributed by atoms with van der Waals surface area (Å²) < 4.78 is 16.3. The van der Waals surface area contributed by atoms with Crippen LogP contribution in [0.4, 0.5) is 0 Å². The predicted octanol–water partition coefficient (Wildman–Crippen LogP) is 4.29. The molecule has 0 saturated carbocycles. The van der Waals surface area contributed by atoms with Crippen molar-refractivity contribution in [2.45, 2.75) is 32.4 Å². The Hall–Kier alpha value is -1.56. The number of hydrogen-bond donors (Lipinski definition) is 0. The van der Waals surface area contributed by atoms with Gasteiger partial charge in [-0.05, 0) is 47.5 Å². The Kier molecular flexibility index (Phi) is 6.34. The van der Waals surface area contributed by atoms with Crippen LogP contribution in [0, 0.1) is 0 Å². The minimum Gasteiger partial charge on any atom is -0.493 e. The Morgan fingerprint density at radius 3 is 2.80 bits per heavy atom. The van der Waals surface area contributed by atoms with Crippen molar-refractivity contribution in [3.63, 3.8) is 0 Å². The molecule has 0 radical (unpaired) electrons. The first-order chi connectivity index (χ1) is 12.3. The van der Waals surface area contributed by atoms with Crippen molar-refractivity contribution in [2.24, 2.45) is 0 Å². The molecule has 1 aliphatic rings. The predicted molar refractivity (Wildman–Crippen MR) is 102 cm³/mol. The molecule has 3 rings (SSSR count). The van der Waals surface area contributed by atoms with Gasteiger partial charge in [-0.2, -0.15) is 0 Å². The first-order valence-electron chi connectivity index (χ1n) is 8.85. The molecule has 1 aromatic heterocycles. The molecule has 0 saturated heterocycles. The molecule has 0 N–H and O–H groups in total. The van der Waals surface area contributed by atoms with E-state index in [0.717, 1.165) is 37.4 Å². The molecule has 0 aliphatic carbocycles. The summed E-state index contributed by atoms with van der Waals surface area (Å²) in [4.78, 5) is 4.14. The van der Waals surface area contributed by atoms with Gasteiger partial charge in [0.1, 0.15) is 6.61 Å². The van der Waals surface area contributed by atoms with Crippen molar-refractivity contribution < 1.29 is 14.2 Å². The Balaban J connectivity index is 1.75. The third-order valence-corrected chi connectivity index (χ3v) is 5.75. The molecule has 2 heterocycles. The highest BCUT2D eigenvalue weighted by molar-refractivity contribution is 7.10. The highest BCUT2D eigenvalue weighted by atomic mass is 32.1. The molecule has 136 valence electrons. The molecular formula is C20H27NO3S. The van der Waals surface area contributed by atoms with Crippen LogP contribution < -0.4 is 9.47 Å². The molecule has 4 nitrogen and oxygen atoms in total. The maximum atomic E-state index is 5.83. The van der Waals surface area contributed by atoms with Crippen molar-refractivity contribution in [2.75, 3.05) is 34.0 Å². The van der Waals surface area contributed by atoms with Gasteiger partial charge in [0.05, 0.1) is 13.7 Å². The second-order valence-electron chi connectivity index (χ2n) is 6.27. The van der Waals surface area contributed by atoms with Crippen LogP contribution in [0.3, 0.4) is 0 Å². The van der Waals surface area contributed by atoms with E-state index in [2.05, 4.69) is 35.4 Å². The van der Waals surface area contributed by atoms with Crippen LogP contribution in [-0.4, -0.2) is 38.9 Å². The number of methoxy groups -OCH3 is 2. The summed E-state index contributed by atoms with van der Waals surface area (Å²) in [6, 6.07) is 9.05. The van der Waals surface area contributed by atoms with E-state index in [0.29, 0.717) is 19.3 Å². The fourth-order valence-corrected chi connectivity index (χ4v) is 4.45. The summed E-state index contributed by atoms with van der Waals surface area (Å²) in [6.07, 6.45) is 2.29.